The molecule has 192 valence electrons. The number of carbonyl (C=O) groups excluding carboxylic acids is 2. The van der Waals surface area contributed by atoms with Crippen LogP contribution in [0.15, 0.2) is 103 Å². The van der Waals surface area contributed by atoms with Crippen LogP contribution < -0.4 is 0 Å². The summed E-state index contributed by atoms with van der Waals surface area (Å²) in [5.41, 5.74) is 2.24. The van der Waals surface area contributed by atoms with Gasteiger partial charge in [-0.25, -0.2) is 9.63 Å². The van der Waals surface area contributed by atoms with Crippen LogP contribution in [0.25, 0.3) is 10.9 Å². The van der Waals surface area contributed by atoms with Gasteiger partial charge in [-0.1, -0.05) is 78.9 Å². The molecular weight excluding hydrogens is 488 g/mol. The van der Waals surface area contributed by atoms with Crippen molar-refractivity contribution in [2.24, 2.45) is 0 Å². The van der Waals surface area contributed by atoms with Gasteiger partial charge in [0.05, 0.1) is 10.4 Å². The molecule has 1 aliphatic heterocycles. The molecule has 5 rings (SSSR count). The van der Waals surface area contributed by atoms with Crippen molar-refractivity contribution in [1.82, 2.24) is 4.57 Å². The Morgan fingerprint density at radius 1 is 0.895 bits per heavy atom. The van der Waals surface area contributed by atoms with Crippen LogP contribution in [-0.4, -0.2) is 32.6 Å². The van der Waals surface area contributed by atoms with Crippen molar-refractivity contribution in [2.45, 2.75) is 32.2 Å². The summed E-state index contributed by atoms with van der Waals surface area (Å²) in [5.74, 6) is -2.86. The minimum atomic E-state index is -1.43. The van der Waals surface area contributed by atoms with Crippen LogP contribution in [0.1, 0.15) is 34.3 Å². The van der Waals surface area contributed by atoms with E-state index < -0.39 is 23.9 Å². The summed E-state index contributed by atoms with van der Waals surface area (Å²) in [6.45, 7) is 1.36. The van der Waals surface area contributed by atoms with Crippen LogP contribution in [0.5, 0.6) is 0 Å². The van der Waals surface area contributed by atoms with Gasteiger partial charge in [0.1, 0.15) is 19.1 Å². The van der Waals surface area contributed by atoms with Crippen LogP contribution in [0.4, 0.5) is 0 Å². The normalized spacial score (nSPS) is 18.2. The van der Waals surface area contributed by atoms with Gasteiger partial charge in [0.15, 0.2) is 0 Å². The van der Waals surface area contributed by atoms with Gasteiger partial charge in [-0.3, -0.25) is 9.36 Å². The Hall–Kier alpha value is -4.92. The zero-order chi connectivity index (χ0) is 26.6. The Balaban J connectivity index is 1.55. The summed E-state index contributed by atoms with van der Waals surface area (Å²) in [4.78, 5) is 44.1. The molecule has 1 aromatic heterocycles. The lowest BCUT2D eigenvalue weighted by Crippen LogP contribution is -2.28. The molecule has 2 unspecified atom stereocenters. The second-order valence-corrected chi connectivity index (χ2v) is 8.81. The second kappa shape index (κ2) is 10.6. The number of hydrogen-bond donors (Lipinski definition) is 1. The van der Waals surface area contributed by atoms with Crippen LogP contribution in [0, 0.1) is 4.91 Å². The number of para-hydroxylation sites is 1. The third kappa shape index (κ3) is 4.86. The fourth-order valence-corrected chi connectivity index (χ4v) is 4.50. The fourth-order valence-electron chi connectivity index (χ4n) is 4.50. The second-order valence-electron chi connectivity index (χ2n) is 8.81. The molecule has 0 amide bonds. The number of aliphatic hydroxyl groups is 1. The number of benzene rings is 3. The first-order valence-electron chi connectivity index (χ1n) is 12.0. The molecule has 0 saturated carbocycles. The van der Waals surface area contributed by atoms with E-state index in [9.17, 15) is 19.6 Å². The Morgan fingerprint density at radius 2 is 1.47 bits per heavy atom. The third-order valence-corrected chi connectivity index (χ3v) is 6.31. The maximum Gasteiger partial charge on any atom is 0.384 e. The van der Waals surface area contributed by atoms with Crippen molar-refractivity contribution in [3.63, 3.8) is 0 Å². The largest absolute Gasteiger partial charge is 0.476 e. The molecule has 0 radical (unpaired) electrons. The van der Waals surface area contributed by atoms with E-state index in [1.54, 1.807) is 54.7 Å². The molecule has 1 N–H and O–H groups in total. The van der Waals surface area contributed by atoms with E-state index in [1.165, 1.54) is 11.5 Å². The molecule has 1 fully saturated rings. The molecule has 2 atom stereocenters. The molecule has 2 heterocycles. The lowest BCUT2D eigenvalue weighted by molar-refractivity contribution is -0.756. The Kier molecular flexibility index (Phi) is 6.90. The van der Waals surface area contributed by atoms with Crippen LogP contribution in [0.2, 0.25) is 0 Å². The standard InChI is InChI=1S/C29H24N2O7/c1-19(32)30-16-23(22-14-8-9-15-24(22)30)25-26(28(33)36-17-20-10-4-2-5-11-20)31(35)38-27(25)29(34)37-18-21-12-6-3-7-13-21/h2-16,25,27H,17-18H2,1H3/p+1. The topological polar surface area (TPSA) is 107 Å². The van der Waals surface area contributed by atoms with Gasteiger partial charge in [-0.2, -0.15) is 0 Å². The third-order valence-electron chi connectivity index (χ3n) is 6.31. The van der Waals surface area contributed by atoms with E-state index in [1.807, 2.05) is 36.4 Å². The fraction of sp³-hybridized carbons (Fsp3) is 0.172. The highest BCUT2D eigenvalue weighted by atomic mass is 16.8. The van der Waals surface area contributed by atoms with Gasteiger partial charge in [0, 0.05) is 18.5 Å². The van der Waals surface area contributed by atoms with Gasteiger partial charge >= 0.3 is 17.6 Å². The molecule has 9 heteroatoms. The minimum absolute atomic E-state index is 0.0188. The number of carbonyl (C=O) groups is 2. The van der Waals surface area contributed by atoms with Gasteiger partial charge < -0.3 is 14.6 Å². The van der Waals surface area contributed by atoms with Crippen LogP contribution in [0.3, 0.4) is 0 Å². The van der Waals surface area contributed by atoms with Crippen molar-refractivity contribution in [1.29, 1.82) is 0 Å². The summed E-state index contributed by atoms with van der Waals surface area (Å²) in [6.07, 6.45) is 0.113. The van der Waals surface area contributed by atoms with Crippen molar-refractivity contribution in [2.75, 3.05) is 0 Å². The number of hydrogen-bond acceptors (Lipinski definition) is 7. The Labute approximate surface area is 218 Å². The van der Waals surface area contributed by atoms with Gasteiger partial charge in [0.2, 0.25) is 5.91 Å². The number of esters is 1. The van der Waals surface area contributed by atoms with E-state index in [4.69, 9.17) is 14.3 Å². The first-order chi connectivity index (χ1) is 18.4. The van der Waals surface area contributed by atoms with E-state index in [0.717, 1.165) is 11.1 Å². The lowest BCUT2D eigenvalue weighted by atomic mass is 9.91. The monoisotopic (exact) mass is 513 g/mol. The van der Waals surface area contributed by atoms with Crippen molar-refractivity contribution >= 4 is 22.8 Å². The summed E-state index contributed by atoms with van der Waals surface area (Å²) >= 11 is 0. The number of aromatic nitrogens is 1. The molecule has 3 aromatic carbocycles. The van der Waals surface area contributed by atoms with E-state index in [0.29, 0.717) is 16.5 Å². The number of fused-ring (bicyclic) bond motifs is 1. The SMILES string of the molecule is CC(=O)n1cc(C2/C(=C(/O)OCc3ccccc3)[N+](=O)OC2C(=O)OCc2ccccc2)c2ccccc21. The van der Waals surface area contributed by atoms with E-state index >= 15 is 0 Å². The molecule has 1 aliphatic rings. The average molecular weight is 514 g/mol. The molecule has 0 aliphatic carbocycles. The average Bonchev–Trinajstić information content (AvgIpc) is 3.49. The van der Waals surface area contributed by atoms with E-state index in [-0.39, 0.29) is 29.7 Å². The first-order valence-corrected chi connectivity index (χ1v) is 12.0. The predicted octanol–water partition coefficient (Wildman–Crippen LogP) is 5.17. The molecule has 0 bridgehead atoms. The van der Waals surface area contributed by atoms with Crippen molar-refractivity contribution in [3.05, 3.63) is 124 Å². The summed E-state index contributed by atoms with van der Waals surface area (Å²) < 4.78 is 12.5. The lowest BCUT2D eigenvalue weighted by Gasteiger charge is -2.12. The van der Waals surface area contributed by atoms with Crippen LogP contribution in [-0.2, 0) is 32.3 Å². The maximum atomic E-state index is 13.2. The van der Waals surface area contributed by atoms with Crippen molar-refractivity contribution < 1.29 is 33.9 Å². The van der Waals surface area contributed by atoms with Gasteiger partial charge in [-0.05, 0) is 22.8 Å². The van der Waals surface area contributed by atoms with Crippen LogP contribution >= 0.6 is 0 Å². The molecule has 0 spiro atoms. The zero-order valence-electron chi connectivity index (χ0n) is 20.5. The van der Waals surface area contributed by atoms with Crippen molar-refractivity contribution in [3.8, 4) is 0 Å². The molecular formula is C29H25N2O7+. The number of rotatable bonds is 7. The highest BCUT2D eigenvalue weighted by Crippen LogP contribution is 2.42. The predicted molar refractivity (Wildman–Crippen MR) is 137 cm³/mol. The maximum absolute atomic E-state index is 13.2. The van der Waals surface area contributed by atoms with Gasteiger partial charge in [0.25, 0.3) is 11.0 Å². The molecule has 4 aromatic rings. The number of ether oxygens (including phenoxy) is 2. The van der Waals surface area contributed by atoms with E-state index in [2.05, 4.69) is 0 Å². The quantitative estimate of drug-likeness (QED) is 0.269. The molecule has 38 heavy (non-hydrogen) atoms. The zero-order valence-corrected chi connectivity index (χ0v) is 20.5. The highest BCUT2D eigenvalue weighted by Gasteiger charge is 2.58. The smallest absolute Gasteiger partial charge is 0.384 e. The number of nitrogens with zero attached hydrogens (tertiary/aromatic N) is 2. The summed E-state index contributed by atoms with van der Waals surface area (Å²) in [5, 5.41) is 11.5. The number of aliphatic hydroxyl groups excluding tert-OH is 1. The Bertz CT molecular complexity index is 1530. The van der Waals surface area contributed by atoms with Gasteiger partial charge in [-0.15, -0.1) is 0 Å². The first kappa shape index (κ1) is 24.8. The Morgan fingerprint density at radius 3 is 2.11 bits per heavy atom. The summed E-state index contributed by atoms with van der Waals surface area (Å²) in [6, 6.07) is 25.2. The molecule has 9 nitrogen and oxygen atoms in total. The summed E-state index contributed by atoms with van der Waals surface area (Å²) in [7, 11) is 0. The molecule has 1 saturated heterocycles. The minimum Gasteiger partial charge on any atom is -0.476 e. The highest BCUT2D eigenvalue weighted by molar-refractivity contribution is 5.94.